The molecule has 0 saturated carbocycles. The third-order valence-corrected chi connectivity index (χ3v) is 2.61. The van der Waals surface area contributed by atoms with Crippen molar-refractivity contribution in [2.24, 2.45) is 10.9 Å². The zero-order valence-electron chi connectivity index (χ0n) is 8.78. The summed E-state index contributed by atoms with van der Waals surface area (Å²) in [5.74, 6) is -0.359. The Labute approximate surface area is 108 Å². The van der Waals surface area contributed by atoms with E-state index in [2.05, 4.69) is 10.5 Å². The molecule has 0 aliphatic carbocycles. The number of carbonyl (C=O) groups excluding carboxylic acids is 1. The molecule has 92 valence electrons. The van der Waals surface area contributed by atoms with Crippen molar-refractivity contribution in [3.05, 3.63) is 33.8 Å². The molecule has 5 nitrogen and oxygen atoms in total. The largest absolute Gasteiger partial charge is 0.409 e. The maximum absolute atomic E-state index is 11.7. The van der Waals surface area contributed by atoms with Crippen molar-refractivity contribution < 1.29 is 10.0 Å². The molecule has 0 saturated heterocycles. The van der Waals surface area contributed by atoms with Gasteiger partial charge in [0.2, 0.25) is 0 Å². The average Bonchev–Trinajstić information content (AvgIpc) is 2.28. The summed E-state index contributed by atoms with van der Waals surface area (Å²) < 4.78 is 0. The molecule has 0 atom stereocenters. The molecule has 7 heteroatoms. The van der Waals surface area contributed by atoms with Gasteiger partial charge in [0.25, 0.3) is 5.91 Å². The Morgan fingerprint density at radius 3 is 2.53 bits per heavy atom. The highest BCUT2D eigenvalue weighted by Crippen LogP contribution is 2.23. The molecule has 1 rings (SSSR count). The van der Waals surface area contributed by atoms with Crippen LogP contribution in [0.4, 0.5) is 0 Å². The summed E-state index contributed by atoms with van der Waals surface area (Å²) in [5, 5.41) is 14.2. The zero-order valence-corrected chi connectivity index (χ0v) is 10.3. The predicted octanol–water partition coefficient (Wildman–Crippen LogP) is 1.86. The van der Waals surface area contributed by atoms with Gasteiger partial charge in [0, 0.05) is 13.0 Å². The van der Waals surface area contributed by atoms with E-state index in [4.69, 9.17) is 34.1 Å². The summed E-state index contributed by atoms with van der Waals surface area (Å²) in [6, 6.07) is 4.80. The van der Waals surface area contributed by atoms with Crippen LogP contribution in [0.15, 0.2) is 23.4 Å². The van der Waals surface area contributed by atoms with E-state index in [-0.39, 0.29) is 34.4 Å². The Hall–Kier alpha value is -1.46. The van der Waals surface area contributed by atoms with Crippen LogP contribution >= 0.6 is 23.2 Å². The van der Waals surface area contributed by atoms with Crippen molar-refractivity contribution in [3.8, 4) is 0 Å². The number of oxime groups is 1. The second-order valence-electron chi connectivity index (χ2n) is 3.19. The summed E-state index contributed by atoms with van der Waals surface area (Å²) in [6.45, 7) is 0.232. The quantitative estimate of drug-likeness (QED) is 0.339. The highest BCUT2D eigenvalue weighted by molar-refractivity contribution is 6.39. The summed E-state index contributed by atoms with van der Waals surface area (Å²) in [7, 11) is 0. The third-order valence-electron chi connectivity index (χ3n) is 1.98. The van der Waals surface area contributed by atoms with Crippen molar-refractivity contribution in [1.82, 2.24) is 5.32 Å². The molecule has 0 unspecified atom stereocenters. The topological polar surface area (TPSA) is 87.7 Å². The molecular formula is C10H11Cl2N3O2. The van der Waals surface area contributed by atoms with Crippen molar-refractivity contribution >= 4 is 34.9 Å². The van der Waals surface area contributed by atoms with E-state index < -0.39 is 5.91 Å². The Morgan fingerprint density at radius 1 is 1.41 bits per heavy atom. The van der Waals surface area contributed by atoms with Crippen LogP contribution in [0.25, 0.3) is 0 Å². The number of nitrogens with zero attached hydrogens (tertiary/aromatic N) is 1. The molecule has 0 aliphatic rings. The van der Waals surface area contributed by atoms with Gasteiger partial charge in [-0.25, -0.2) is 0 Å². The van der Waals surface area contributed by atoms with Crippen LogP contribution in [0.1, 0.15) is 16.8 Å². The highest BCUT2D eigenvalue weighted by atomic mass is 35.5. The Morgan fingerprint density at radius 2 is 2.00 bits per heavy atom. The molecule has 0 aromatic heterocycles. The summed E-state index contributed by atoms with van der Waals surface area (Å²) in [6.07, 6.45) is 0.240. The van der Waals surface area contributed by atoms with Crippen LogP contribution in [-0.2, 0) is 0 Å². The van der Waals surface area contributed by atoms with Gasteiger partial charge in [0.1, 0.15) is 5.84 Å². The van der Waals surface area contributed by atoms with Gasteiger partial charge in [-0.15, -0.1) is 0 Å². The molecular weight excluding hydrogens is 265 g/mol. The number of carbonyl (C=O) groups is 1. The maximum Gasteiger partial charge on any atom is 0.254 e. The lowest BCUT2D eigenvalue weighted by atomic mass is 10.2. The lowest BCUT2D eigenvalue weighted by Gasteiger charge is -2.07. The van der Waals surface area contributed by atoms with E-state index in [0.29, 0.717) is 0 Å². The molecule has 1 aromatic rings. The van der Waals surface area contributed by atoms with Gasteiger partial charge in [-0.3, -0.25) is 4.79 Å². The van der Waals surface area contributed by atoms with E-state index >= 15 is 0 Å². The molecule has 0 heterocycles. The first kappa shape index (κ1) is 13.6. The standard InChI is InChI=1S/C10H11Cl2N3O2/c11-6-2-1-3-7(12)9(6)10(16)14-5-4-8(13)15-17/h1-3,17H,4-5H2,(H2,13,15)(H,14,16). The van der Waals surface area contributed by atoms with Crippen molar-refractivity contribution in [1.29, 1.82) is 0 Å². The molecule has 1 amide bonds. The second kappa shape index (κ2) is 6.32. The number of amides is 1. The van der Waals surface area contributed by atoms with Crippen molar-refractivity contribution in [2.75, 3.05) is 6.54 Å². The fourth-order valence-electron chi connectivity index (χ4n) is 1.16. The fraction of sp³-hybridized carbons (Fsp3) is 0.200. The molecule has 0 aliphatic heterocycles. The highest BCUT2D eigenvalue weighted by Gasteiger charge is 2.13. The van der Waals surface area contributed by atoms with Gasteiger partial charge in [0.15, 0.2) is 0 Å². The monoisotopic (exact) mass is 275 g/mol. The van der Waals surface area contributed by atoms with Crippen LogP contribution in [0, 0.1) is 0 Å². The first-order chi connectivity index (χ1) is 8.06. The molecule has 0 bridgehead atoms. The molecule has 0 fully saturated rings. The van der Waals surface area contributed by atoms with E-state index in [0.717, 1.165) is 0 Å². The average molecular weight is 276 g/mol. The first-order valence-electron chi connectivity index (χ1n) is 4.75. The number of amidine groups is 1. The molecule has 0 spiro atoms. The number of rotatable bonds is 4. The lowest BCUT2D eigenvalue weighted by molar-refractivity contribution is 0.0955. The Kier molecular flexibility index (Phi) is 5.06. The number of hydrogen-bond donors (Lipinski definition) is 3. The van der Waals surface area contributed by atoms with E-state index in [1.807, 2.05) is 0 Å². The minimum Gasteiger partial charge on any atom is -0.409 e. The number of benzene rings is 1. The fourth-order valence-corrected chi connectivity index (χ4v) is 1.73. The van der Waals surface area contributed by atoms with Gasteiger partial charge >= 0.3 is 0 Å². The minimum atomic E-state index is -0.397. The maximum atomic E-state index is 11.7. The van der Waals surface area contributed by atoms with E-state index in [1.54, 1.807) is 18.2 Å². The van der Waals surface area contributed by atoms with Crippen LogP contribution in [0.2, 0.25) is 10.0 Å². The number of hydrogen-bond acceptors (Lipinski definition) is 3. The van der Waals surface area contributed by atoms with Crippen molar-refractivity contribution in [3.63, 3.8) is 0 Å². The zero-order chi connectivity index (χ0) is 12.8. The molecule has 1 aromatic carbocycles. The minimum absolute atomic E-state index is 0.0376. The van der Waals surface area contributed by atoms with Crippen LogP contribution in [0.3, 0.4) is 0 Å². The van der Waals surface area contributed by atoms with Gasteiger partial charge in [-0.05, 0) is 12.1 Å². The number of halogens is 2. The van der Waals surface area contributed by atoms with Crippen LogP contribution in [-0.4, -0.2) is 23.5 Å². The lowest BCUT2D eigenvalue weighted by Crippen LogP contribution is -2.28. The first-order valence-corrected chi connectivity index (χ1v) is 5.50. The molecule has 17 heavy (non-hydrogen) atoms. The Bertz CT molecular complexity index is 429. The second-order valence-corrected chi connectivity index (χ2v) is 4.01. The van der Waals surface area contributed by atoms with Crippen LogP contribution < -0.4 is 11.1 Å². The van der Waals surface area contributed by atoms with Gasteiger partial charge in [0.05, 0.1) is 15.6 Å². The summed E-state index contributed by atoms with van der Waals surface area (Å²) in [5.41, 5.74) is 5.47. The van der Waals surface area contributed by atoms with Gasteiger partial charge < -0.3 is 16.3 Å². The molecule has 0 radical (unpaired) electrons. The third kappa shape index (κ3) is 3.80. The smallest absolute Gasteiger partial charge is 0.254 e. The van der Waals surface area contributed by atoms with Crippen LogP contribution in [0.5, 0.6) is 0 Å². The number of nitrogens with two attached hydrogens (primary N) is 1. The summed E-state index contributed by atoms with van der Waals surface area (Å²) in [4.78, 5) is 11.7. The van der Waals surface area contributed by atoms with Gasteiger partial charge in [-0.1, -0.05) is 34.4 Å². The Balaban J connectivity index is 2.65. The van der Waals surface area contributed by atoms with Crippen molar-refractivity contribution in [2.45, 2.75) is 6.42 Å². The summed E-state index contributed by atoms with van der Waals surface area (Å²) >= 11 is 11.7. The SMILES string of the molecule is NC(CCNC(=O)c1c(Cl)cccc1Cl)=NO. The normalized spacial score (nSPS) is 11.3. The number of nitrogens with one attached hydrogen (secondary N) is 1. The van der Waals surface area contributed by atoms with Gasteiger partial charge in [-0.2, -0.15) is 0 Å². The predicted molar refractivity (Wildman–Crippen MR) is 66.8 cm³/mol. The van der Waals surface area contributed by atoms with E-state index in [9.17, 15) is 4.79 Å². The van der Waals surface area contributed by atoms with E-state index in [1.165, 1.54) is 0 Å². The molecule has 4 N–H and O–H groups in total.